The third-order valence-electron chi connectivity index (χ3n) is 4.39. The molecule has 0 heterocycles. The number of hydrogen-bond acceptors (Lipinski definition) is 4. The van der Waals surface area contributed by atoms with E-state index in [9.17, 15) is 4.79 Å². The van der Waals surface area contributed by atoms with Gasteiger partial charge in [-0.2, -0.15) is 0 Å². The van der Waals surface area contributed by atoms with Gasteiger partial charge in [0.1, 0.15) is 5.75 Å². The number of carbonyl (C=O) groups excluding carboxylic acids is 1. The molecular weight excluding hydrogens is 344 g/mol. The van der Waals surface area contributed by atoms with Crippen molar-refractivity contribution in [2.24, 2.45) is 5.41 Å². The van der Waals surface area contributed by atoms with Crippen molar-refractivity contribution in [2.45, 2.75) is 50.3 Å². The van der Waals surface area contributed by atoms with E-state index in [0.717, 1.165) is 24.2 Å². The number of rotatable bonds is 8. The molecule has 0 saturated heterocycles. The van der Waals surface area contributed by atoms with E-state index in [-0.39, 0.29) is 5.97 Å². The van der Waals surface area contributed by atoms with E-state index in [0.29, 0.717) is 6.61 Å². The molecule has 0 spiro atoms. The minimum absolute atomic E-state index is 0.174. The van der Waals surface area contributed by atoms with Gasteiger partial charge in [-0.05, 0) is 75.9 Å². The average Bonchev–Trinajstić information content (AvgIpc) is 2.62. The Kier molecular flexibility index (Phi) is 7.15. The van der Waals surface area contributed by atoms with Gasteiger partial charge in [-0.15, -0.1) is 0 Å². The first-order chi connectivity index (χ1) is 12.3. The molecule has 0 aliphatic rings. The maximum Gasteiger partial charge on any atom is 0.311 e. The molecule has 0 aliphatic carbocycles. The quantitative estimate of drug-likeness (QED) is 0.432. The summed E-state index contributed by atoms with van der Waals surface area (Å²) in [4.78, 5) is 14.2. The summed E-state index contributed by atoms with van der Waals surface area (Å²) in [5.74, 6) is 0.739. The van der Waals surface area contributed by atoms with E-state index in [2.05, 4.69) is 50.2 Å². The van der Waals surface area contributed by atoms with Gasteiger partial charge < -0.3 is 9.47 Å². The van der Waals surface area contributed by atoms with Crippen LogP contribution in [0.3, 0.4) is 0 Å². The number of esters is 1. The second-order valence-corrected chi connectivity index (χ2v) is 8.24. The Balaban J connectivity index is 1.94. The van der Waals surface area contributed by atoms with E-state index in [1.807, 2.05) is 19.9 Å². The number of benzene rings is 2. The van der Waals surface area contributed by atoms with Gasteiger partial charge in [0.25, 0.3) is 0 Å². The zero-order valence-corrected chi connectivity index (χ0v) is 17.1. The van der Waals surface area contributed by atoms with Crippen molar-refractivity contribution in [3.63, 3.8) is 0 Å². The van der Waals surface area contributed by atoms with Crippen molar-refractivity contribution < 1.29 is 14.3 Å². The Morgan fingerprint density at radius 1 is 1.08 bits per heavy atom. The minimum atomic E-state index is -0.473. The van der Waals surface area contributed by atoms with E-state index in [4.69, 9.17) is 9.47 Å². The topological polar surface area (TPSA) is 35.5 Å². The highest BCUT2D eigenvalue weighted by Crippen LogP contribution is 2.34. The molecule has 0 unspecified atom stereocenters. The van der Waals surface area contributed by atoms with Crippen LogP contribution in [0.25, 0.3) is 0 Å². The fourth-order valence-electron chi connectivity index (χ4n) is 2.72. The Hall–Kier alpha value is -1.94. The highest BCUT2D eigenvalue weighted by Gasteiger charge is 2.27. The Morgan fingerprint density at radius 3 is 2.42 bits per heavy atom. The van der Waals surface area contributed by atoms with Crippen LogP contribution in [0.1, 0.15) is 37.8 Å². The van der Waals surface area contributed by atoms with E-state index in [1.165, 1.54) is 22.5 Å². The summed E-state index contributed by atoms with van der Waals surface area (Å²) >= 11 is 1.77. The number of ether oxygens (including phenoxy) is 2. The second kappa shape index (κ2) is 9.13. The highest BCUT2D eigenvalue weighted by atomic mass is 32.2. The molecule has 0 N–H and O–H groups in total. The largest absolute Gasteiger partial charge is 0.493 e. The zero-order chi connectivity index (χ0) is 19.2. The van der Waals surface area contributed by atoms with E-state index in [1.54, 1.807) is 11.8 Å². The summed E-state index contributed by atoms with van der Waals surface area (Å²) in [6.45, 7) is 8.58. The molecule has 0 fully saturated rings. The third-order valence-corrected chi connectivity index (χ3v) is 5.55. The molecule has 2 aromatic rings. The lowest BCUT2D eigenvalue weighted by Crippen LogP contribution is -2.26. The summed E-state index contributed by atoms with van der Waals surface area (Å²) in [6, 6.07) is 14.7. The number of aryl methyl sites for hydroxylation is 2. The molecule has 2 rings (SSSR count). The number of methoxy groups -OCH3 is 1. The van der Waals surface area contributed by atoms with Gasteiger partial charge in [-0.3, -0.25) is 4.79 Å². The maximum atomic E-state index is 11.7. The molecule has 0 atom stereocenters. The fraction of sp³-hybridized carbons (Fsp3) is 0.409. The van der Waals surface area contributed by atoms with Crippen LogP contribution in [-0.4, -0.2) is 19.7 Å². The van der Waals surface area contributed by atoms with Gasteiger partial charge in [-0.1, -0.05) is 30.0 Å². The van der Waals surface area contributed by atoms with Gasteiger partial charge >= 0.3 is 5.97 Å². The van der Waals surface area contributed by atoms with E-state index >= 15 is 0 Å². The van der Waals surface area contributed by atoms with Crippen LogP contribution in [0, 0.1) is 19.3 Å². The summed E-state index contributed by atoms with van der Waals surface area (Å²) in [6.07, 6.45) is 1.54. The molecule has 3 nitrogen and oxygen atoms in total. The average molecular weight is 373 g/mol. The standard InChI is InChI=1S/C22H28O3S/c1-16-15-20(26-18-10-7-6-8-11-18)17(2)14-19(16)25-13-9-12-22(3,4)21(23)24-5/h6-8,10-11,14-15H,9,12-13H2,1-5H3. The maximum absolute atomic E-state index is 11.7. The zero-order valence-electron chi connectivity index (χ0n) is 16.3. The molecule has 0 saturated carbocycles. The molecule has 26 heavy (non-hydrogen) atoms. The normalized spacial score (nSPS) is 11.3. The van der Waals surface area contributed by atoms with Gasteiger partial charge in [0, 0.05) is 9.79 Å². The molecular formula is C22H28O3S. The molecule has 4 heteroatoms. The van der Waals surface area contributed by atoms with Crippen molar-refractivity contribution >= 4 is 17.7 Å². The first kappa shape index (κ1) is 20.4. The predicted octanol–water partition coefficient (Wildman–Crippen LogP) is 5.81. The SMILES string of the molecule is COC(=O)C(C)(C)CCCOc1cc(C)c(Sc2ccccc2)cc1C. The van der Waals surface area contributed by atoms with Crippen molar-refractivity contribution in [1.82, 2.24) is 0 Å². The third kappa shape index (κ3) is 5.53. The predicted molar refractivity (Wildman–Crippen MR) is 107 cm³/mol. The lowest BCUT2D eigenvalue weighted by molar-refractivity contribution is -0.151. The summed E-state index contributed by atoms with van der Waals surface area (Å²) in [5.41, 5.74) is 1.86. The smallest absolute Gasteiger partial charge is 0.311 e. The van der Waals surface area contributed by atoms with Crippen LogP contribution in [0.4, 0.5) is 0 Å². The summed E-state index contributed by atoms with van der Waals surface area (Å²) in [7, 11) is 1.43. The monoisotopic (exact) mass is 372 g/mol. The van der Waals surface area contributed by atoms with Gasteiger partial charge in [0.2, 0.25) is 0 Å². The lowest BCUT2D eigenvalue weighted by Gasteiger charge is -2.21. The molecule has 0 radical (unpaired) electrons. The molecule has 0 amide bonds. The van der Waals surface area contributed by atoms with Crippen LogP contribution in [0.2, 0.25) is 0 Å². The Labute approximate surface area is 161 Å². The molecule has 0 aromatic heterocycles. The number of carbonyl (C=O) groups is 1. The van der Waals surface area contributed by atoms with Crippen LogP contribution in [-0.2, 0) is 9.53 Å². The second-order valence-electron chi connectivity index (χ2n) is 7.13. The lowest BCUT2D eigenvalue weighted by atomic mass is 9.88. The van der Waals surface area contributed by atoms with Crippen molar-refractivity contribution in [2.75, 3.05) is 13.7 Å². The molecule has 0 aliphatic heterocycles. The molecule has 140 valence electrons. The van der Waals surface area contributed by atoms with Crippen LogP contribution < -0.4 is 4.74 Å². The highest BCUT2D eigenvalue weighted by molar-refractivity contribution is 7.99. The van der Waals surface area contributed by atoms with E-state index < -0.39 is 5.41 Å². The van der Waals surface area contributed by atoms with Crippen molar-refractivity contribution in [3.05, 3.63) is 53.6 Å². The van der Waals surface area contributed by atoms with Crippen LogP contribution in [0.15, 0.2) is 52.3 Å². The first-order valence-electron chi connectivity index (χ1n) is 8.89. The van der Waals surface area contributed by atoms with Crippen LogP contribution in [0.5, 0.6) is 5.75 Å². The molecule has 0 bridgehead atoms. The summed E-state index contributed by atoms with van der Waals surface area (Å²) in [5, 5.41) is 0. The van der Waals surface area contributed by atoms with Crippen molar-refractivity contribution in [1.29, 1.82) is 0 Å². The first-order valence-corrected chi connectivity index (χ1v) is 9.70. The van der Waals surface area contributed by atoms with Crippen LogP contribution >= 0.6 is 11.8 Å². The Bertz CT molecular complexity index is 739. The summed E-state index contributed by atoms with van der Waals surface area (Å²) < 4.78 is 10.8. The van der Waals surface area contributed by atoms with Gasteiger partial charge in [0.05, 0.1) is 19.1 Å². The molecule has 2 aromatic carbocycles. The van der Waals surface area contributed by atoms with Gasteiger partial charge in [-0.25, -0.2) is 0 Å². The fourth-order valence-corrected chi connectivity index (χ4v) is 3.72. The number of hydrogen-bond donors (Lipinski definition) is 0. The Morgan fingerprint density at radius 2 is 1.77 bits per heavy atom. The van der Waals surface area contributed by atoms with Crippen molar-refractivity contribution in [3.8, 4) is 5.75 Å². The minimum Gasteiger partial charge on any atom is -0.493 e. The van der Waals surface area contributed by atoms with Gasteiger partial charge in [0.15, 0.2) is 0 Å².